The molecule has 4 N–H and O–H groups in total. The molecule has 1 fully saturated rings. The lowest BCUT2D eigenvalue weighted by Gasteiger charge is -2.36. The van der Waals surface area contributed by atoms with Crippen molar-refractivity contribution in [2.75, 3.05) is 18.0 Å². The molecule has 6 heteroatoms. The van der Waals surface area contributed by atoms with Crippen molar-refractivity contribution in [3.63, 3.8) is 0 Å². The molecule has 2 unspecified atom stereocenters. The van der Waals surface area contributed by atoms with E-state index in [4.69, 9.17) is 23.1 Å². The third-order valence-corrected chi connectivity index (χ3v) is 3.41. The summed E-state index contributed by atoms with van der Waals surface area (Å²) in [5, 5.41) is 0.595. The number of amides is 1. The van der Waals surface area contributed by atoms with E-state index < -0.39 is 0 Å². The van der Waals surface area contributed by atoms with Crippen molar-refractivity contribution in [1.82, 2.24) is 4.98 Å². The number of hydrogen-bond donors (Lipinski definition) is 2. The molecular weight excluding hydrogens is 240 g/mol. The number of pyridine rings is 1. The van der Waals surface area contributed by atoms with Gasteiger partial charge in [0.05, 0.1) is 16.6 Å². The third-order valence-electron chi connectivity index (χ3n) is 3.12. The second-order valence-corrected chi connectivity index (χ2v) is 4.64. The van der Waals surface area contributed by atoms with E-state index >= 15 is 0 Å². The van der Waals surface area contributed by atoms with E-state index in [1.165, 1.54) is 0 Å². The molecule has 92 valence electrons. The highest BCUT2D eigenvalue weighted by atomic mass is 35.5. The Bertz CT molecular complexity index is 426. The van der Waals surface area contributed by atoms with Crippen molar-refractivity contribution in [2.45, 2.75) is 12.5 Å². The second kappa shape index (κ2) is 4.89. The summed E-state index contributed by atoms with van der Waals surface area (Å²) in [6.45, 7) is 1.31. The van der Waals surface area contributed by atoms with Gasteiger partial charge in [0.25, 0.3) is 0 Å². The molecule has 1 aliphatic rings. The topological polar surface area (TPSA) is 85.2 Å². The first-order valence-corrected chi connectivity index (χ1v) is 5.86. The fourth-order valence-corrected chi connectivity index (χ4v) is 2.42. The van der Waals surface area contributed by atoms with E-state index in [0.717, 1.165) is 12.2 Å². The van der Waals surface area contributed by atoms with Gasteiger partial charge in [-0.1, -0.05) is 11.6 Å². The molecule has 2 rings (SSSR count). The van der Waals surface area contributed by atoms with Crippen LogP contribution in [0.4, 0.5) is 5.69 Å². The maximum Gasteiger partial charge on any atom is 0.222 e. The summed E-state index contributed by atoms with van der Waals surface area (Å²) >= 11 is 6.07. The molecule has 1 aliphatic heterocycles. The summed E-state index contributed by atoms with van der Waals surface area (Å²) in [7, 11) is 0. The molecule has 2 heterocycles. The lowest BCUT2D eigenvalue weighted by atomic mass is 9.91. The van der Waals surface area contributed by atoms with Crippen LogP contribution in [0.5, 0.6) is 0 Å². The standard InChI is InChI=1S/C11H15ClN4O/c12-8-5-15-3-1-10(8)16-4-2-7(11(14)17)9(13)6-16/h1,3,5,7,9H,2,4,6,13H2,(H2,14,17). The largest absolute Gasteiger partial charge is 0.369 e. The van der Waals surface area contributed by atoms with Gasteiger partial charge in [0.2, 0.25) is 5.91 Å². The first-order chi connectivity index (χ1) is 8.09. The van der Waals surface area contributed by atoms with Gasteiger partial charge in [-0.3, -0.25) is 9.78 Å². The minimum Gasteiger partial charge on any atom is -0.369 e. The van der Waals surface area contributed by atoms with Crippen molar-refractivity contribution in [2.24, 2.45) is 17.4 Å². The summed E-state index contributed by atoms with van der Waals surface area (Å²) in [5.74, 6) is -0.565. The normalized spacial score (nSPS) is 24.7. The van der Waals surface area contributed by atoms with Gasteiger partial charge in [-0.25, -0.2) is 0 Å². The van der Waals surface area contributed by atoms with Crippen LogP contribution in [0.25, 0.3) is 0 Å². The number of nitrogens with zero attached hydrogens (tertiary/aromatic N) is 2. The Hall–Kier alpha value is -1.33. The number of nitrogens with two attached hydrogens (primary N) is 2. The van der Waals surface area contributed by atoms with Gasteiger partial charge in [0.15, 0.2) is 0 Å². The van der Waals surface area contributed by atoms with Gasteiger partial charge in [0, 0.05) is 31.5 Å². The van der Waals surface area contributed by atoms with E-state index in [-0.39, 0.29) is 17.9 Å². The second-order valence-electron chi connectivity index (χ2n) is 4.23. The third kappa shape index (κ3) is 2.50. The van der Waals surface area contributed by atoms with Gasteiger partial charge < -0.3 is 16.4 Å². The fraction of sp³-hybridized carbons (Fsp3) is 0.455. The molecule has 0 aromatic carbocycles. The molecule has 1 aromatic heterocycles. The molecule has 0 saturated carbocycles. The zero-order valence-electron chi connectivity index (χ0n) is 9.34. The molecule has 2 atom stereocenters. The van der Waals surface area contributed by atoms with Gasteiger partial charge in [-0.15, -0.1) is 0 Å². The number of rotatable bonds is 2. The Labute approximate surface area is 105 Å². The van der Waals surface area contributed by atoms with Crippen LogP contribution in [0.1, 0.15) is 6.42 Å². The van der Waals surface area contributed by atoms with Gasteiger partial charge in [-0.05, 0) is 12.5 Å². The predicted octanol–water partition coefficient (Wildman–Crippen LogP) is 0.374. The molecule has 5 nitrogen and oxygen atoms in total. The molecule has 1 amide bonds. The lowest BCUT2D eigenvalue weighted by Crippen LogP contribution is -2.52. The first kappa shape index (κ1) is 12.1. The minimum absolute atomic E-state index is 0.244. The molecule has 0 aliphatic carbocycles. The molecular formula is C11H15ClN4O. The maximum absolute atomic E-state index is 11.2. The maximum atomic E-state index is 11.2. The highest BCUT2D eigenvalue weighted by molar-refractivity contribution is 6.33. The van der Waals surface area contributed by atoms with Crippen LogP contribution in [0.2, 0.25) is 5.02 Å². The SMILES string of the molecule is NC(=O)C1CCN(c2ccncc2Cl)CC1N. The number of primary amides is 1. The molecule has 0 spiro atoms. The molecule has 0 radical (unpaired) electrons. The Balaban J connectivity index is 2.12. The number of aromatic nitrogens is 1. The van der Waals surface area contributed by atoms with Gasteiger partial charge in [-0.2, -0.15) is 0 Å². The van der Waals surface area contributed by atoms with Crippen molar-refractivity contribution in [3.8, 4) is 0 Å². The predicted molar refractivity (Wildman–Crippen MR) is 66.7 cm³/mol. The van der Waals surface area contributed by atoms with Gasteiger partial charge >= 0.3 is 0 Å². The Kier molecular flexibility index (Phi) is 3.49. The zero-order valence-corrected chi connectivity index (χ0v) is 10.1. The van der Waals surface area contributed by atoms with E-state index in [1.807, 2.05) is 6.07 Å². The fourth-order valence-electron chi connectivity index (χ4n) is 2.18. The molecule has 0 bridgehead atoms. The van der Waals surface area contributed by atoms with Crippen LogP contribution < -0.4 is 16.4 Å². The van der Waals surface area contributed by atoms with Crippen molar-refractivity contribution in [3.05, 3.63) is 23.5 Å². The minimum atomic E-state index is -0.321. The van der Waals surface area contributed by atoms with E-state index in [9.17, 15) is 4.79 Å². The van der Waals surface area contributed by atoms with Crippen LogP contribution in [0.3, 0.4) is 0 Å². The van der Waals surface area contributed by atoms with Crippen LogP contribution >= 0.6 is 11.6 Å². The lowest BCUT2D eigenvalue weighted by molar-refractivity contribution is -0.122. The summed E-state index contributed by atoms with van der Waals surface area (Å²) in [6, 6.07) is 1.60. The average molecular weight is 255 g/mol. The molecule has 1 aromatic rings. The first-order valence-electron chi connectivity index (χ1n) is 5.49. The van der Waals surface area contributed by atoms with Crippen LogP contribution in [-0.2, 0) is 4.79 Å². The Morgan fingerprint density at radius 1 is 1.59 bits per heavy atom. The quantitative estimate of drug-likeness (QED) is 0.799. The van der Waals surface area contributed by atoms with Crippen LogP contribution in [0.15, 0.2) is 18.5 Å². The summed E-state index contributed by atoms with van der Waals surface area (Å²) < 4.78 is 0. The van der Waals surface area contributed by atoms with Crippen LogP contribution in [0, 0.1) is 5.92 Å². The highest BCUT2D eigenvalue weighted by Gasteiger charge is 2.30. The highest BCUT2D eigenvalue weighted by Crippen LogP contribution is 2.28. The van der Waals surface area contributed by atoms with Gasteiger partial charge in [0.1, 0.15) is 0 Å². The van der Waals surface area contributed by atoms with Crippen LogP contribution in [-0.4, -0.2) is 30.0 Å². The number of hydrogen-bond acceptors (Lipinski definition) is 4. The van der Waals surface area contributed by atoms with E-state index in [2.05, 4.69) is 9.88 Å². The number of halogens is 1. The zero-order chi connectivity index (χ0) is 12.4. The summed E-state index contributed by atoms with van der Waals surface area (Å²) in [4.78, 5) is 17.2. The van der Waals surface area contributed by atoms with Crippen molar-refractivity contribution < 1.29 is 4.79 Å². The Morgan fingerprint density at radius 3 is 2.94 bits per heavy atom. The number of carbonyl (C=O) groups excluding carboxylic acids is 1. The van der Waals surface area contributed by atoms with Crippen molar-refractivity contribution >= 4 is 23.2 Å². The summed E-state index contributed by atoms with van der Waals surface area (Å²) in [5.41, 5.74) is 12.2. The monoisotopic (exact) mass is 254 g/mol. The summed E-state index contributed by atoms with van der Waals surface area (Å²) in [6.07, 6.45) is 3.95. The van der Waals surface area contributed by atoms with E-state index in [0.29, 0.717) is 18.0 Å². The number of piperidine rings is 1. The molecule has 1 saturated heterocycles. The van der Waals surface area contributed by atoms with Crippen molar-refractivity contribution in [1.29, 1.82) is 0 Å². The number of anilines is 1. The number of carbonyl (C=O) groups is 1. The smallest absolute Gasteiger partial charge is 0.222 e. The average Bonchev–Trinajstić information content (AvgIpc) is 2.29. The van der Waals surface area contributed by atoms with E-state index in [1.54, 1.807) is 12.4 Å². The molecule has 17 heavy (non-hydrogen) atoms. The Morgan fingerprint density at radius 2 is 2.35 bits per heavy atom.